The Bertz CT molecular complexity index is 1130. The summed E-state index contributed by atoms with van der Waals surface area (Å²) in [7, 11) is 1.57. The molecule has 0 radical (unpaired) electrons. The molecule has 0 heterocycles. The molecule has 0 saturated heterocycles. The Morgan fingerprint density at radius 1 is 0.969 bits per heavy atom. The first-order valence-electron chi connectivity index (χ1n) is 10.9. The number of nitrogens with zero attached hydrogens (tertiary/aromatic N) is 1. The molecule has 1 saturated carbocycles. The molecule has 1 aliphatic rings. The smallest absolute Gasteiger partial charge is 0.343 e. The third-order valence-corrected chi connectivity index (χ3v) is 5.80. The standard InChI is InChI=1S/C26H26N2O4/c1-31-21-14-11-20(12-15-21)26(30)32-24-16-13-18-7-5-6-10-22(18)23(24)17-27-28-25(29)19-8-3-2-4-9-19/h5-7,10-17,19H,2-4,8-9H2,1H3,(H,28,29). The van der Waals surface area contributed by atoms with Crippen LogP contribution in [0.1, 0.15) is 48.0 Å². The lowest BCUT2D eigenvalue weighted by Gasteiger charge is -2.19. The summed E-state index contributed by atoms with van der Waals surface area (Å²) in [5.41, 5.74) is 3.71. The summed E-state index contributed by atoms with van der Waals surface area (Å²) in [4.78, 5) is 25.1. The number of esters is 1. The van der Waals surface area contributed by atoms with E-state index in [1.165, 1.54) is 6.42 Å². The lowest BCUT2D eigenvalue weighted by atomic mass is 9.89. The van der Waals surface area contributed by atoms with Gasteiger partial charge >= 0.3 is 5.97 Å². The molecule has 1 aliphatic carbocycles. The quantitative estimate of drug-likeness (QED) is 0.256. The molecule has 32 heavy (non-hydrogen) atoms. The molecule has 0 aromatic heterocycles. The minimum atomic E-state index is -0.483. The Labute approximate surface area is 187 Å². The zero-order valence-electron chi connectivity index (χ0n) is 18.0. The average molecular weight is 431 g/mol. The zero-order valence-corrected chi connectivity index (χ0v) is 18.0. The van der Waals surface area contributed by atoms with Crippen molar-refractivity contribution in [3.05, 3.63) is 71.8 Å². The van der Waals surface area contributed by atoms with Crippen LogP contribution in [0.5, 0.6) is 11.5 Å². The van der Waals surface area contributed by atoms with Gasteiger partial charge in [0, 0.05) is 11.5 Å². The van der Waals surface area contributed by atoms with Crippen molar-refractivity contribution in [2.24, 2.45) is 11.0 Å². The molecule has 1 N–H and O–H groups in total. The Balaban J connectivity index is 1.57. The number of rotatable bonds is 6. The molecule has 1 amide bonds. The summed E-state index contributed by atoms with van der Waals surface area (Å²) >= 11 is 0. The van der Waals surface area contributed by atoms with Crippen molar-refractivity contribution in [2.75, 3.05) is 7.11 Å². The molecule has 164 valence electrons. The van der Waals surface area contributed by atoms with Crippen LogP contribution in [-0.4, -0.2) is 25.2 Å². The van der Waals surface area contributed by atoms with Gasteiger partial charge in [0.2, 0.25) is 5.91 Å². The molecule has 0 spiro atoms. The van der Waals surface area contributed by atoms with Crippen LogP contribution in [0.2, 0.25) is 0 Å². The lowest BCUT2D eigenvalue weighted by molar-refractivity contribution is -0.125. The molecule has 0 unspecified atom stereocenters. The Kier molecular flexibility index (Phi) is 6.80. The number of benzene rings is 3. The number of nitrogens with one attached hydrogen (secondary N) is 1. The number of ether oxygens (including phenoxy) is 2. The molecular weight excluding hydrogens is 404 g/mol. The Hall–Kier alpha value is -3.67. The van der Waals surface area contributed by atoms with Crippen LogP contribution < -0.4 is 14.9 Å². The highest BCUT2D eigenvalue weighted by Crippen LogP contribution is 2.28. The summed E-state index contributed by atoms with van der Waals surface area (Å²) < 4.78 is 10.8. The second-order valence-electron chi connectivity index (χ2n) is 7.89. The van der Waals surface area contributed by atoms with Crippen LogP contribution in [0.25, 0.3) is 10.8 Å². The highest BCUT2D eigenvalue weighted by molar-refractivity contribution is 6.04. The van der Waals surface area contributed by atoms with Gasteiger partial charge in [0.1, 0.15) is 11.5 Å². The largest absolute Gasteiger partial charge is 0.497 e. The maximum Gasteiger partial charge on any atom is 0.343 e. The van der Waals surface area contributed by atoms with E-state index in [1.54, 1.807) is 43.7 Å². The van der Waals surface area contributed by atoms with Crippen molar-refractivity contribution in [3.8, 4) is 11.5 Å². The number of amides is 1. The summed E-state index contributed by atoms with van der Waals surface area (Å²) in [6, 6.07) is 18.1. The molecule has 4 rings (SSSR count). The normalized spacial score (nSPS) is 14.4. The fourth-order valence-corrected chi connectivity index (χ4v) is 4.00. The summed E-state index contributed by atoms with van der Waals surface area (Å²) in [6.07, 6.45) is 6.71. The maximum absolute atomic E-state index is 12.7. The predicted octanol–water partition coefficient (Wildman–Crippen LogP) is 5.10. The minimum absolute atomic E-state index is 0.0146. The number of fused-ring (bicyclic) bond motifs is 1. The van der Waals surface area contributed by atoms with E-state index in [9.17, 15) is 9.59 Å². The van der Waals surface area contributed by atoms with Gasteiger partial charge in [-0.15, -0.1) is 0 Å². The van der Waals surface area contributed by atoms with Gasteiger partial charge in [-0.1, -0.05) is 49.6 Å². The van der Waals surface area contributed by atoms with Crippen LogP contribution in [0.15, 0.2) is 65.8 Å². The molecule has 1 fully saturated rings. The number of hydrazone groups is 1. The van der Waals surface area contributed by atoms with Gasteiger partial charge in [0.25, 0.3) is 0 Å². The monoisotopic (exact) mass is 430 g/mol. The van der Waals surface area contributed by atoms with Crippen LogP contribution in [0.4, 0.5) is 0 Å². The van der Waals surface area contributed by atoms with Crippen LogP contribution in [-0.2, 0) is 4.79 Å². The SMILES string of the molecule is COc1ccc(C(=O)Oc2ccc3ccccc3c2C=NNC(=O)C2CCCCC2)cc1. The van der Waals surface area contributed by atoms with Crippen molar-refractivity contribution in [3.63, 3.8) is 0 Å². The van der Waals surface area contributed by atoms with Crippen molar-refractivity contribution >= 4 is 28.9 Å². The first-order valence-corrected chi connectivity index (χ1v) is 10.9. The summed E-state index contributed by atoms with van der Waals surface area (Å²) in [6.45, 7) is 0. The van der Waals surface area contributed by atoms with E-state index in [4.69, 9.17) is 9.47 Å². The van der Waals surface area contributed by atoms with E-state index in [2.05, 4.69) is 10.5 Å². The van der Waals surface area contributed by atoms with E-state index < -0.39 is 5.97 Å². The van der Waals surface area contributed by atoms with E-state index in [1.807, 2.05) is 30.3 Å². The van der Waals surface area contributed by atoms with Crippen LogP contribution in [0, 0.1) is 5.92 Å². The molecule has 3 aromatic rings. The van der Waals surface area contributed by atoms with Gasteiger partial charge < -0.3 is 9.47 Å². The summed E-state index contributed by atoms with van der Waals surface area (Å²) in [5.74, 6) is 0.511. The molecule has 0 aliphatic heterocycles. The maximum atomic E-state index is 12.7. The Morgan fingerprint density at radius 3 is 2.47 bits per heavy atom. The van der Waals surface area contributed by atoms with Crippen molar-refractivity contribution in [1.82, 2.24) is 5.43 Å². The van der Waals surface area contributed by atoms with Gasteiger partial charge in [-0.05, 0) is 53.9 Å². The van der Waals surface area contributed by atoms with E-state index in [0.717, 1.165) is 36.5 Å². The molecule has 6 nitrogen and oxygen atoms in total. The van der Waals surface area contributed by atoms with Crippen molar-refractivity contribution < 1.29 is 19.1 Å². The van der Waals surface area contributed by atoms with E-state index in [-0.39, 0.29) is 11.8 Å². The Morgan fingerprint density at radius 2 is 1.72 bits per heavy atom. The van der Waals surface area contributed by atoms with Crippen molar-refractivity contribution in [1.29, 1.82) is 0 Å². The first kappa shape index (κ1) is 21.6. The highest BCUT2D eigenvalue weighted by atomic mass is 16.5. The fourth-order valence-electron chi connectivity index (χ4n) is 4.00. The average Bonchev–Trinajstić information content (AvgIpc) is 2.85. The second-order valence-corrected chi connectivity index (χ2v) is 7.89. The molecule has 3 aromatic carbocycles. The van der Waals surface area contributed by atoms with Gasteiger partial charge in [-0.2, -0.15) is 5.10 Å². The molecule has 0 bridgehead atoms. The third kappa shape index (κ3) is 4.97. The van der Waals surface area contributed by atoms with E-state index >= 15 is 0 Å². The first-order chi connectivity index (χ1) is 15.7. The van der Waals surface area contributed by atoms with Crippen LogP contribution >= 0.6 is 0 Å². The van der Waals surface area contributed by atoms with Gasteiger partial charge in [-0.25, -0.2) is 10.2 Å². The zero-order chi connectivity index (χ0) is 22.3. The van der Waals surface area contributed by atoms with Crippen LogP contribution in [0.3, 0.4) is 0 Å². The highest BCUT2D eigenvalue weighted by Gasteiger charge is 2.20. The minimum Gasteiger partial charge on any atom is -0.497 e. The molecule has 6 heteroatoms. The van der Waals surface area contributed by atoms with E-state index in [0.29, 0.717) is 22.6 Å². The lowest BCUT2D eigenvalue weighted by Crippen LogP contribution is -2.28. The van der Waals surface area contributed by atoms with Gasteiger partial charge in [-0.3, -0.25) is 4.79 Å². The number of carbonyl (C=O) groups is 2. The summed E-state index contributed by atoms with van der Waals surface area (Å²) in [5, 5.41) is 6.06. The molecule has 0 atom stereocenters. The number of methoxy groups -OCH3 is 1. The van der Waals surface area contributed by atoms with Gasteiger partial charge in [0.05, 0.1) is 18.9 Å². The number of carbonyl (C=O) groups excluding carboxylic acids is 2. The predicted molar refractivity (Wildman–Crippen MR) is 124 cm³/mol. The number of hydrogen-bond acceptors (Lipinski definition) is 5. The number of hydrogen-bond donors (Lipinski definition) is 1. The van der Waals surface area contributed by atoms with Gasteiger partial charge in [0.15, 0.2) is 0 Å². The topological polar surface area (TPSA) is 77.0 Å². The third-order valence-electron chi connectivity index (χ3n) is 5.80. The fraction of sp³-hybridized carbons (Fsp3) is 0.269. The second kappa shape index (κ2) is 10.1. The van der Waals surface area contributed by atoms with Crippen molar-refractivity contribution in [2.45, 2.75) is 32.1 Å². The molecular formula is C26H26N2O4.